The van der Waals surface area contributed by atoms with E-state index < -0.39 is 6.04 Å². The maximum Gasteiger partial charge on any atom is 0.254 e. The molecule has 0 aliphatic heterocycles. The highest BCUT2D eigenvalue weighted by molar-refractivity contribution is 6.00. The zero-order valence-electron chi connectivity index (χ0n) is 15.9. The number of aryl methyl sites for hydroxylation is 1. The van der Waals surface area contributed by atoms with Gasteiger partial charge in [0.1, 0.15) is 5.52 Å². The molecule has 142 valence electrons. The van der Waals surface area contributed by atoms with E-state index in [1.54, 1.807) is 4.68 Å². The van der Waals surface area contributed by atoms with Crippen LogP contribution >= 0.6 is 0 Å². The van der Waals surface area contributed by atoms with E-state index in [1.165, 1.54) is 0 Å². The van der Waals surface area contributed by atoms with Crippen LogP contribution in [0.1, 0.15) is 11.6 Å². The Labute approximate surface area is 167 Å². The number of hydrogen-bond acceptors (Lipinski definition) is 3. The van der Waals surface area contributed by atoms with Crippen LogP contribution in [0.15, 0.2) is 85.1 Å². The average Bonchev–Trinajstić information content (AvgIpc) is 3.32. The summed E-state index contributed by atoms with van der Waals surface area (Å²) in [6.07, 6.45) is 2.00. The van der Waals surface area contributed by atoms with Crippen LogP contribution < -0.4 is 5.32 Å². The predicted octanol–water partition coefficient (Wildman–Crippen LogP) is 4.15. The highest BCUT2D eigenvalue weighted by Crippen LogP contribution is 2.31. The normalized spacial score (nSPS) is 12.3. The number of aromatic nitrogens is 4. The van der Waals surface area contributed by atoms with Crippen LogP contribution in [0.2, 0.25) is 0 Å². The van der Waals surface area contributed by atoms with E-state index >= 15 is 0 Å². The molecule has 1 atom stereocenters. The molecule has 1 amide bonds. The minimum atomic E-state index is -0.659. The molecule has 0 aliphatic carbocycles. The Morgan fingerprint density at radius 3 is 2.41 bits per heavy atom. The lowest BCUT2D eigenvalue weighted by atomic mass is 10.0. The quantitative estimate of drug-likeness (QED) is 0.509. The molecule has 5 rings (SSSR count). The van der Waals surface area contributed by atoms with E-state index in [1.807, 2.05) is 96.7 Å². The minimum Gasteiger partial charge on any atom is -0.350 e. The van der Waals surface area contributed by atoms with Gasteiger partial charge in [0.2, 0.25) is 0 Å². The molecule has 2 heterocycles. The lowest BCUT2D eigenvalue weighted by Crippen LogP contribution is -2.27. The fraction of sp³-hybridized carbons (Fsp3) is 0.0870. The first kappa shape index (κ1) is 17.2. The molecule has 29 heavy (non-hydrogen) atoms. The maximum absolute atomic E-state index is 13.5. The lowest BCUT2D eigenvalue weighted by Gasteiger charge is -2.17. The number of para-hydroxylation sites is 3. The maximum atomic E-state index is 13.5. The summed E-state index contributed by atoms with van der Waals surface area (Å²) in [5.74, 6) is -0.164. The van der Waals surface area contributed by atoms with Crippen LogP contribution in [-0.4, -0.2) is 25.5 Å². The third kappa shape index (κ3) is 2.95. The summed E-state index contributed by atoms with van der Waals surface area (Å²) in [6, 6.07) is 24.5. The smallest absolute Gasteiger partial charge is 0.254 e. The Balaban J connectivity index is 1.70. The standard InChI is InChI=1S/C23H19N5O/c1-27-15-18(17-11-5-7-13-20(17)27)22(23(29)24-16-9-3-2-4-10-16)28-21-14-8-6-12-19(21)25-26-28/h2-15,22H,1H3,(H,24,29). The Bertz CT molecular complexity index is 1320. The van der Waals surface area contributed by atoms with Gasteiger partial charge in [-0.15, -0.1) is 5.10 Å². The molecule has 0 radical (unpaired) electrons. The van der Waals surface area contributed by atoms with Crippen LogP contribution in [0.4, 0.5) is 5.69 Å². The van der Waals surface area contributed by atoms with Crippen molar-refractivity contribution in [2.24, 2.45) is 7.05 Å². The highest BCUT2D eigenvalue weighted by atomic mass is 16.2. The number of carbonyl (C=O) groups excluding carboxylic acids is 1. The molecule has 6 nitrogen and oxygen atoms in total. The number of nitrogens with zero attached hydrogens (tertiary/aromatic N) is 4. The number of hydrogen-bond donors (Lipinski definition) is 1. The second-order valence-corrected chi connectivity index (χ2v) is 6.99. The van der Waals surface area contributed by atoms with Crippen LogP contribution in [0.5, 0.6) is 0 Å². The summed E-state index contributed by atoms with van der Waals surface area (Å²) < 4.78 is 3.74. The number of benzene rings is 3. The zero-order chi connectivity index (χ0) is 19.8. The molecule has 1 N–H and O–H groups in total. The van der Waals surface area contributed by atoms with Crippen molar-refractivity contribution in [2.75, 3.05) is 5.32 Å². The minimum absolute atomic E-state index is 0.164. The fourth-order valence-corrected chi connectivity index (χ4v) is 3.78. The lowest BCUT2D eigenvalue weighted by molar-refractivity contribution is -0.118. The van der Waals surface area contributed by atoms with Gasteiger partial charge in [-0.3, -0.25) is 4.79 Å². The molecule has 0 bridgehead atoms. The number of fused-ring (bicyclic) bond motifs is 2. The molecule has 1 unspecified atom stereocenters. The van der Waals surface area contributed by atoms with E-state index in [2.05, 4.69) is 15.6 Å². The highest BCUT2D eigenvalue weighted by Gasteiger charge is 2.29. The van der Waals surface area contributed by atoms with Crippen molar-refractivity contribution >= 4 is 33.5 Å². The largest absolute Gasteiger partial charge is 0.350 e. The van der Waals surface area contributed by atoms with Gasteiger partial charge in [0.25, 0.3) is 5.91 Å². The van der Waals surface area contributed by atoms with Crippen molar-refractivity contribution in [3.8, 4) is 0 Å². The number of anilines is 1. The summed E-state index contributed by atoms with van der Waals surface area (Å²) in [4.78, 5) is 13.5. The molecule has 0 spiro atoms. The van der Waals surface area contributed by atoms with E-state index in [0.717, 1.165) is 33.2 Å². The number of carbonyl (C=O) groups is 1. The van der Waals surface area contributed by atoms with Crippen molar-refractivity contribution in [1.82, 2.24) is 19.6 Å². The van der Waals surface area contributed by atoms with Crippen molar-refractivity contribution in [2.45, 2.75) is 6.04 Å². The Kier molecular flexibility index (Phi) is 4.09. The van der Waals surface area contributed by atoms with Gasteiger partial charge in [0.05, 0.1) is 5.52 Å². The molecule has 3 aromatic carbocycles. The SMILES string of the molecule is Cn1cc(C(C(=O)Nc2ccccc2)n2nnc3ccccc32)c2ccccc21. The third-order valence-electron chi connectivity index (χ3n) is 5.13. The summed E-state index contributed by atoms with van der Waals surface area (Å²) in [7, 11) is 1.98. The van der Waals surface area contributed by atoms with Gasteiger partial charge in [0, 0.05) is 35.4 Å². The van der Waals surface area contributed by atoms with Crippen LogP contribution in [0, 0.1) is 0 Å². The van der Waals surface area contributed by atoms with Gasteiger partial charge >= 0.3 is 0 Å². The summed E-state index contributed by atoms with van der Waals surface area (Å²) in [5, 5.41) is 12.7. The second kappa shape index (κ2) is 6.91. The van der Waals surface area contributed by atoms with E-state index in [4.69, 9.17) is 0 Å². The molecule has 0 saturated carbocycles. The molecule has 2 aromatic heterocycles. The monoisotopic (exact) mass is 381 g/mol. The van der Waals surface area contributed by atoms with Gasteiger partial charge in [-0.1, -0.05) is 53.7 Å². The average molecular weight is 381 g/mol. The second-order valence-electron chi connectivity index (χ2n) is 6.99. The zero-order valence-corrected chi connectivity index (χ0v) is 15.9. The Hall–Kier alpha value is -3.93. The topological polar surface area (TPSA) is 64.7 Å². The van der Waals surface area contributed by atoms with Crippen LogP contribution in [-0.2, 0) is 11.8 Å². The van der Waals surface area contributed by atoms with Gasteiger partial charge in [-0.2, -0.15) is 0 Å². The first-order chi connectivity index (χ1) is 14.2. The number of rotatable bonds is 4. The van der Waals surface area contributed by atoms with Crippen molar-refractivity contribution in [3.05, 3.63) is 90.6 Å². The number of nitrogens with one attached hydrogen (secondary N) is 1. The Morgan fingerprint density at radius 1 is 0.897 bits per heavy atom. The first-order valence-electron chi connectivity index (χ1n) is 9.42. The van der Waals surface area contributed by atoms with Gasteiger partial charge in [-0.25, -0.2) is 4.68 Å². The summed E-state index contributed by atoms with van der Waals surface area (Å²) >= 11 is 0. The molecule has 0 aliphatic rings. The van der Waals surface area contributed by atoms with E-state index in [0.29, 0.717) is 0 Å². The molecule has 6 heteroatoms. The van der Waals surface area contributed by atoms with Crippen molar-refractivity contribution < 1.29 is 4.79 Å². The van der Waals surface area contributed by atoms with Gasteiger partial charge in [0.15, 0.2) is 6.04 Å². The molecule has 0 fully saturated rings. The van der Waals surface area contributed by atoms with Crippen molar-refractivity contribution in [3.63, 3.8) is 0 Å². The molecule has 5 aromatic rings. The van der Waals surface area contributed by atoms with Gasteiger partial charge < -0.3 is 9.88 Å². The predicted molar refractivity (Wildman–Crippen MR) is 114 cm³/mol. The van der Waals surface area contributed by atoms with Crippen LogP contribution in [0.25, 0.3) is 21.9 Å². The third-order valence-corrected chi connectivity index (χ3v) is 5.13. The first-order valence-corrected chi connectivity index (χ1v) is 9.42. The fourth-order valence-electron chi connectivity index (χ4n) is 3.78. The number of amides is 1. The van der Waals surface area contributed by atoms with E-state index in [-0.39, 0.29) is 5.91 Å². The van der Waals surface area contributed by atoms with Gasteiger partial charge in [-0.05, 0) is 30.3 Å². The Morgan fingerprint density at radius 2 is 1.59 bits per heavy atom. The van der Waals surface area contributed by atoms with Crippen molar-refractivity contribution in [1.29, 1.82) is 0 Å². The van der Waals surface area contributed by atoms with E-state index in [9.17, 15) is 4.79 Å². The van der Waals surface area contributed by atoms with Crippen LogP contribution in [0.3, 0.4) is 0 Å². The molecular weight excluding hydrogens is 362 g/mol. The molecular formula is C23H19N5O. The summed E-state index contributed by atoms with van der Waals surface area (Å²) in [6.45, 7) is 0. The molecule has 0 saturated heterocycles. The summed E-state index contributed by atoms with van der Waals surface area (Å²) in [5.41, 5.74) is 4.25.